The first-order valence-corrected chi connectivity index (χ1v) is 14.2. The summed E-state index contributed by atoms with van der Waals surface area (Å²) in [5, 5.41) is 13.1. The molecule has 37 heavy (non-hydrogen) atoms. The molecule has 1 N–H and O–H groups in total. The molecule has 4 rings (SSSR count). The number of hydrogen-bond acceptors (Lipinski definition) is 8. The lowest BCUT2D eigenvalue weighted by molar-refractivity contribution is -0.113. The zero-order chi connectivity index (χ0) is 26.4. The molecule has 1 amide bonds. The number of fused-ring (bicyclic) bond motifs is 1. The molecule has 0 saturated carbocycles. The largest absolute Gasteiger partial charge is 0.484 e. The second-order valence-corrected chi connectivity index (χ2v) is 11.2. The number of aryl methyl sites for hydroxylation is 1. The van der Waals surface area contributed by atoms with Crippen LogP contribution in [0, 0.1) is 0 Å². The standard InChI is InChI=1S/C26H29ClN4O4S2/c1-4-13-31-21(14-34-19-11-7-6-10-18(19)27)29-30-26(31)36-15-22(32)28-24-23(25(33)35-16(2)3)17-9-5-8-12-20(17)37-24/h4,6-7,10-11,16H,1,5,8-9,12-15H2,2-3H3,(H,28,32). The predicted octanol–water partition coefficient (Wildman–Crippen LogP) is 5.93. The molecule has 0 radical (unpaired) electrons. The van der Waals surface area contributed by atoms with Crippen molar-refractivity contribution in [3.63, 3.8) is 0 Å². The van der Waals surface area contributed by atoms with E-state index >= 15 is 0 Å². The smallest absolute Gasteiger partial charge is 0.341 e. The van der Waals surface area contributed by atoms with Gasteiger partial charge in [0, 0.05) is 11.4 Å². The number of thioether (sulfide) groups is 1. The zero-order valence-corrected chi connectivity index (χ0v) is 23.2. The fourth-order valence-electron chi connectivity index (χ4n) is 3.98. The summed E-state index contributed by atoms with van der Waals surface area (Å²) in [5.41, 5.74) is 1.51. The lowest BCUT2D eigenvalue weighted by atomic mass is 9.95. The van der Waals surface area contributed by atoms with E-state index < -0.39 is 0 Å². The summed E-state index contributed by atoms with van der Waals surface area (Å²) in [5.74, 6) is 0.626. The Bertz CT molecular complexity index is 1290. The molecular weight excluding hydrogens is 532 g/mol. The summed E-state index contributed by atoms with van der Waals surface area (Å²) in [6.07, 6.45) is 5.33. The maximum Gasteiger partial charge on any atom is 0.341 e. The number of nitrogens with zero attached hydrogens (tertiary/aromatic N) is 3. The third-order valence-electron chi connectivity index (χ3n) is 5.60. The van der Waals surface area contributed by atoms with Gasteiger partial charge in [-0.1, -0.05) is 41.6 Å². The van der Waals surface area contributed by atoms with E-state index in [0.29, 0.717) is 38.9 Å². The molecule has 0 saturated heterocycles. The van der Waals surface area contributed by atoms with Crippen LogP contribution in [0.1, 0.15) is 53.3 Å². The van der Waals surface area contributed by atoms with Gasteiger partial charge < -0.3 is 14.8 Å². The number of amides is 1. The Morgan fingerprint density at radius 1 is 1.27 bits per heavy atom. The van der Waals surface area contributed by atoms with E-state index in [1.54, 1.807) is 18.2 Å². The molecule has 2 heterocycles. The highest BCUT2D eigenvalue weighted by Gasteiger charge is 2.28. The summed E-state index contributed by atoms with van der Waals surface area (Å²) in [7, 11) is 0. The van der Waals surface area contributed by atoms with E-state index in [1.807, 2.05) is 30.5 Å². The van der Waals surface area contributed by atoms with Crippen molar-refractivity contribution in [2.45, 2.75) is 63.9 Å². The van der Waals surface area contributed by atoms with Crippen LogP contribution in [0.15, 0.2) is 42.1 Å². The Morgan fingerprint density at radius 3 is 2.81 bits per heavy atom. The van der Waals surface area contributed by atoms with Gasteiger partial charge in [-0.15, -0.1) is 28.1 Å². The van der Waals surface area contributed by atoms with E-state index in [9.17, 15) is 9.59 Å². The van der Waals surface area contributed by atoms with Crippen LogP contribution >= 0.6 is 34.7 Å². The highest BCUT2D eigenvalue weighted by Crippen LogP contribution is 2.39. The Kier molecular flexibility index (Phi) is 9.28. The number of aromatic nitrogens is 3. The van der Waals surface area contributed by atoms with Crippen molar-refractivity contribution in [3.05, 3.63) is 63.8 Å². The highest BCUT2D eigenvalue weighted by atomic mass is 35.5. The Hall–Kier alpha value is -2.82. The first kappa shape index (κ1) is 27.2. The Labute approximate surface area is 229 Å². The van der Waals surface area contributed by atoms with Crippen LogP contribution in [0.3, 0.4) is 0 Å². The van der Waals surface area contributed by atoms with Crippen molar-refractivity contribution in [3.8, 4) is 5.75 Å². The first-order chi connectivity index (χ1) is 17.9. The number of thiophene rings is 1. The van der Waals surface area contributed by atoms with Crippen LogP contribution < -0.4 is 10.1 Å². The number of halogens is 1. The fourth-order valence-corrected chi connectivity index (χ4v) is 6.24. The van der Waals surface area contributed by atoms with Gasteiger partial charge in [0.05, 0.1) is 22.4 Å². The number of benzene rings is 1. The molecule has 196 valence electrons. The SMILES string of the molecule is C=CCn1c(COc2ccccc2Cl)nnc1SCC(=O)Nc1sc2c(c1C(=O)OC(C)C)CCCC2. The molecule has 1 aliphatic rings. The maximum atomic E-state index is 12.9. The van der Waals surface area contributed by atoms with Gasteiger partial charge in [0.25, 0.3) is 0 Å². The summed E-state index contributed by atoms with van der Waals surface area (Å²) in [6, 6.07) is 7.21. The molecule has 8 nitrogen and oxygen atoms in total. The van der Waals surface area contributed by atoms with Crippen molar-refractivity contribution in [2.24, 2.45) is 0 Å². The van der Waals surface area contributed by atoms with Crippen LogP contribution in [0.5, 0.6) is 5.75 Å². The summed E-state index contributed by atoms with van der Waals surface area (Å²) >= 11 is 8.90. The quantitative estimate of drug-likeness (QED) is 0.176. The van der Waals surface area contributed by atoms with Gasteiger partial charge in [-0.25, -0.2) is 4.79 Å². The number of allylic oxidation sites excluding steroid dienone is 1. The van der Waals surface area contributed by atoms with E-state index in [-0.39, 0.29) is 30.3 Å². The number of esters is 1. The van der Waals surface area contributed by atoms with Gasteiger partial charge >= 0.3 is 5.97 Å². The van der Waals surface area contributed by atoms with Crippen molar-refractivity contribution >= 4 is 51.6 Å². The number of carbonyl (C=O) groups is 2. The van der Waals surface area contributed by atoms with Crippen molar-refractivity contribution in [2.75, 3.05) is 11.1 Å². The van der Waals surface area contributed by atoms with E-state index in [1.165, 1.54) is 23.1 Å². The fraction of sp³-hybridized carbons (Fsp3) is 0.385. The number of rotatable bonds is 11. The minimum absolute atomic E-state index is 0.0991. The number of ether oxygens (including phenoxy) is 2. The lowest BCUT2D eigenvalue weighted by Gasteiger charge is -2.14. The van der Waals surface area contributed by atoms with Crippen molar-refractivity contribution < 1.29 is 19.1 Å². The van der Waals surface area contributed by atoms with Gasteiger partial charge in [-0.3, -0.25) is 9.36 Å². The van der Waals surface area contributed by atoms with Crippen molar-refractivity contribution in [1.82, 2.24) is 14.8 Å². The third-order valence-corrected chi connectivity index (χ3v) is 8.09. The van der Waals surface area contributed by atoms with Crippen LogP contribution in [0.4, 0.5) is 5.00 Å². The van der Waals surface area contributed by atoms with Gasteiger partial charge in [-0.2, -0.15) is 0 Å². The Morgan fingerprint density at radius 2 is 2.05 bits per heavy atom. The average molecular weight is 561 g/mol. The summed E-state index contributed by atoms with van der Waals surface area (Å²) in [6.45, 7) is 8.07. The molecule has 1 aliphatic carbocycles. The number of hydrogen-bond donors (Lipinski definition) is 1. The van der Waals surface area contributed by atoms with E-state index in [2.05, 4.69) is 22.1 Å². The zero-order valence-electron chi connectivity index (χ0n) is 20.8. The number of carbonyl (C=O) groups excluding carboxylic acids is 2. The minimum atomic E-state index is -0.383. The molecule has 0 unspecified atom stereocenters. The molecule has 0 fully saturated rings. The molecule has 3 aromatic rings. The molecule has 11 heteroatoms. The van der Waals surface area contributed by atoms with E-state index in [0.717, 1.165) is 36.1 Å². The molecule has 0 aliphatic heterocycles. The predicted molar refractivity (Wildman–Crippen MR) is 147 cm³/mol. The molecular formula is C26H29ClN4O4S2. The normalized spacial score (nSPS) is 12.8. The second kappa shape index (κ2) is 12.6. The van der Waals surface area contributed by atoms with Crippen LogP contribution in [-0.4, -0.2) is 38.5 Å². The maximum absolute atomic E-state index is 12.9. The van der Waals surface area contributed by atoms with Gasteiger partial charge in [0.15, 0.2) is 11.0 Å². The highest BCUT2D eigenvalue weighted by molar-refractivity contribution is 7.99. The topological polar surface area (TPSA) is 95.3 Å². The van der Waals surface area contributed by atoms with Gasteiger partial charge in [0.2, 0.25) is 5.91 Å². The van der Waals surface area contributed by atoms with Crippen LogP contribution in [0.25, 0.3) is 0 Å². The average Bonchev–Trinajstić information content (AvgIpc) is 3.42. The molecule has 1 aromatic carbocycles. The third kappa shape index (κ3) is 6.74. The number of nitrogens with one attached hydrogen (secondary N) is 1. The van der Waals surface area contributed by atoms with E-state index in [4.69, 9.17) is 21.1 Å². The number of para-hydroxylation sites is 1. The summed E-state index contributed by atoms with van der Waals surface area (Å²) in [4.78, 5) is 26.9. The first-order valence-electron chi connectivity index (χ1n) is 12.1. The van der Waals surface area contributed by atoms with Crippen LogP contribution in [-0.2, 0) is 35.5 Å². The minimum Gasteiger partial charge on any atom is -0.484 e. The molecule has 0 bridgehead atoms. The van der Waals surface area contributed by atoms with Crippen molar-refractivity contribution in [1.29, 1.82) is 0 Å². The van der Waals surface area contributed by atoms with Crippen LogP contribution in [0.2, 0.25) is 5.02 Å². The second-order valence-electron chi connectivity index (χ2n) is 8.72. The molecule has 0 spiro atoms. The summed E-state index contributed by atoms with van der Waals surface area (Å²) < 4.78 is 13.1. The lowest BCUT2D eigenvalue weighted by Crippen LogP contribution is -2.19. The Balaban J connectivity index is 1.44. The van der Waals surface area contributed by atoms with Gasteiger partial charge in [0.1, 0.15) is 17.4 Å². The molecule has 0 atom stereocenters. The molecule has 2 aromatic heterocycles. The number of anilines is 1. The monoisotopic (exact) mass is 560 g/mol. The van der Waals surface area contributed by atoms with Gasteiger partial charge in [-0.05, 0) is 57.2 Å².